The van der Waals surface area contributed by atoms with E-state index in [1.165, 1.54) is 4.90 Å². The molecule has 2 aliphatic carbocycles. The quantitative estimate of drug-likeness (QED) is 0.264. The van der Waals surface area contributed by atoms with Gasteiger partial charge in [-0.2, -0.15) is 26.3 Å². The first kappa shape index (κ1) is 32.9. The highest BCUT2D eigenvalue weighted by molar-refractivity contribution is 5.71. The number of aliphatic carboxylic acids is 1. The van der Waals surface area contributed by atoms with Gasteiger partial charge in [-0.1, -0.05) is 0 Å². The molecular formula is C32H37F6N3O4. The molecule has 3 fully saturated rings. The molecule has 1 aliphatic heterocycles. The second-order valence-electron chi connectivity index (χ2n) is 12.5. The first-order valence-electron chi connectivity index (χ1n) is 15.4. The van der Waals surface area contributed by atoms with Gasteiger partial charge in [0.2, 0.25) is 0 Å². The van der Waals surface area contributed by atoms with Crippen molar-refractivity contribution in [3.05, 3.63) is 58.4 Å². The van der Waals surface area contributed by atoms with Crippen LogP contribution in [0.4, 0.5) is 36.8 Å². The molecule has 2 saturated carbocycles. The number of nitrogens with zero attached hydrogens (tertiary/aromatic N) is 3. The first-order chi connectivity index (χ1) is 21.1. The van der Waals surface area contributed by atoms with E-state index in [-0.39, 0.29) is 30.5 Å². The maximum Gasteiger partial charge on any atom is 0.416 e. The lowest BCUT2D eigenvalue weighted by Gasteiger charge is -2.34. The average Bonchev–Trinajstić information content (AvgIpc) is 3.78. The van der Waals surface area contributed by atoms with Crippen molar-refractivity contribution >= 4 is 17.7 Å². The zero-order chi connectivity index (χ0) is 32.7. The highest BCUT2D eigenvalue weighted by Gasteiger charge is 2.44. The largest absolute Gasteiger partial charge is 0.481 e. The zero-order valence-corrected chi connectivity index (χ0v) is 25.1. The maximum absolute atomic E-state index is 13.5. The van der Waals surface area contributed by atoms with E-state index in [2.05, 4.69) is 4.90 Å². The molecule has 5 rings (SSSR count). The second kappa shape index (κ2) is 12.7. The Morgan fingerprint density at radius 1 is 0.978 bits per heavy atom. The van der Waals surface area contributed by atoms with Crippen LogP contribution in [-0.4, -0.2) is 46.2 Å². The number of alkyl halides is 6. The van der Waals surface area contributed by atoms with Gasteiger partial charge in [-0.3, -0.25) is 14.7 Å². The van der Waals surface area contributed by atoms with Crippen LogP contribution in [0.15, 0.2) is 30.3 Å². The minimum absolute atomic E-state index is 0.0284. The number of benzene rings is 1. The van der Waals surface area contributed by atoms with Crippen molar-refractivity contribution < 1.29 is 45.8 Å². The number of carbonyl (C=O) groups excluding carboxylic acids is 1. The number of amides is 1. The summed E-state index contributed by atoms with van der Waals surface area (Å²) in [6.07, 6.45) is -6.63. The molecule has 7 nitrogen and oxygen atoms in total. The molecule has 45 heavy (non-hydrogen) atoms. The van der Waals surface area contributed by atoms with Gasteiger partial charge in [-0.25, -0.2) is 4.79 Å². The predicted octanol–water partition coefficient (Wildman–Crippen LogP) is 8.19. The van der Waals surface area contributed by atoms with Crippen LogP contribution in [-0.2, 0) is 28.4 Å². The number of anilines is 1. The van der Waals surface area contributed by atoms with E-state index >= 15 is 0 Å². The van der Waals surface area contributed by atoms with E-state index in [1.807, 2.05) is 19.1 Å². The summed E-state index contributed by atoms with van der Waals surface area (Å²) in [6.45, 7) is 4.86. The number of carbonyl (C=O) groups is 2. The number of aromatic nitrogens is 1. The fraction of sp³-hybridized carbons (Fsp3) is 0.594. The molecule has 1 saturated heterocycles. The topological polar surface area (TPSA) is 83.0 Å². The number of hydrogen-bond acceptors (Lipinski definition) is 5. The average molecular weight is 642 g/mol. The van der Waals surface area contributed by atoms with Crippen molar-refractivity contribution in [1.82, 2.24) is 9.88 Å². The molecule has 3 aliphatic rings. The number of halogens is 6. The van der Waals surface area contributed by atoms with Crippen molar-refractivity contribution in [3.63, 3.8) is 0 Å². The lowest BCUT2D eigenvalue weighted by atomic mass is 9.80. The normalized spacial score (nSPS) is 24.1. The Labute approximate surface area is 257 Å². The van der Waals surface area contributed by atoms with Crippen LogP contribution in [0.2, 0.25) is 0 Å². The van der Waals surface area contributed by atoms with Crippen LogP contribution in [0.5, 0.6) is 0 Å². The van der Waals surface area contributed by atoms with Gasteiger partial charge in [-0.05, 0) is 100 Å². The monoisotopic (exact) mass is 641 g/mol. The number of carboxylic acid groups (broad SMARTS) is 1. The van der Waals surface area contributed by atoms with Gasteiger partial charge in [-0.15, -0.1) is 0 Å². The number of cyclic esters (lactones) is 1. The van der Waals surface area contributed by atoms with Crippen molar-refractivity contribution in [2.24, 2.45) is 11.8 Å². The summed E-state index contributed by atoms with van der Waals surface area (Å²) in [5.74, 6) is 0.0307. The molecule has 0 unspecified atom stereocenters. The van der Waals surface area contributed by atoms with Crippen LogP contribution in [0.25, 0.3) is 0 Å². The van der Waals surface area contributed by atoms with Crippen LogP contribution in [0.1, 0.15) is 98.9 Å². The molecule has 1 N–H and O–H groups in total. The smallest absolute Gasteiger partial charge is 0.416 e. The Morgan fingerprint density at radius 2 is 1.58 bits per heavy atom. The number of pyridine rings is 1. The van der Waals surface area contributed by atoms with E-state index in [1.54, 1.807) is 6.92 Å². The Kier molecular flexibility index (Phi) is 9.28. The summed E-state index contributed by atoms with van der Waals surface area (Å²) in [4.78, 5) is 32.6. The number of carboxylic acids is 1. The second-order valence-corrected chi connectivity index (χ2v) is 12.5. The van der Waals surface area contributed by atoms with Gasteiger partial charge in [0, 0.05) is 31.1 Å². The zero-order valence-electron chi connectivity index (χ0n) is 25.1. The SMILES string of the molecule is CCN(C[C@H]1CC[C@H](CC(=O)O)CC1)c1ccc(C2CC2)nc1CN1C(=O)O[C@H](c2cc(C(F)(F)F)cc(C(F)(F)F)c2)[C@@H]1C. The van der Waals surface area contributed by atoms with Gasteiger partial charge in [0.25, 0.3) is 0 Å². The van der Waals surface area contributed by atoms with Gasteiger partial charge in [0.15, 0.2) is 0 Å². The molecule has 2 atom stereocenters. The minimum atomic E-state index is -5.03. The third kappa shape index (κ3) is 7.66. The summed E-state index contributed by atoms with van der Waals surface area (Å²) in [6, 6.07) is 4.34. The molecular weight excluding hydrogens is 604 g/mol. The maximum atomic E-state index is 13.5. The van der Waals surface area contributed by atoms with Crippen molar-refractivity contribution in [2.75, 3.05) is 18.0 Å². The first-order valence-corrected chi connectivity index (χ1v) is 15.4. The van der Waals surface area contributed by atoms with E-state index in [0.717, 1.165) is 49.9 Å². The lowest BCUT2D eigenvalue weighted by Crippen LogP contribution is -2.35. The lowest BCUT2D eigenvalue weighted by molar-refractivity contribution is -0.143. The Bertz CT molecular complexity index is 1370. The van der Waals surface area contributed by atoms with Crippen LogP contribution < -0.4 is 4.90 Å². The van der Waals surface area contributed by atoms with E-state index in [9.17, 15) is 35.9 Å². The molecule has 1 aromatic carbocycles. The molecule has 0 bridgehead atoms. The molecule has 0 spiro atoms. The third-order valence-corrected chi connectivity index (χ3v) is 9.25. The molecule has 1 aromatic heterocycles. The number of hydrogen-bond donors (Lipinski definition) is 1. The number of ether oxygens (including phenoxy) is 1. The van der Waals surface area contributed by atoms with E-state index < -0.39 is 47.7 Å². The molecule has 1 amide bonds. The van der Waals surface area contributed by atoms with Crippen LogP contribution in [0.3, 0.4) is 0 Å². The van der Waals surface area contributed by atoms with Gasteiger partial charge >= 0.3 is 24.4 Å². The van der Waals surface area contributed by atoms with Crippen molar-refractivity contribution in [2.45, 2.75) is 95.8 Å². The molecule has 0 radical (unpaired) electrons. The van der Waals surface area contributed by atoms with E-state index in [4.69, 9.17) is 14.8 Å². The van der Waals surface area contributed by atoms with Crippen LogP contribution >= 0.6 is 0 Å². The Morgan fingerprint density at radius 3 is 2.11 bits per heavy atom. The Balaban J connectivity index is 1.39. The van der Waals surface area contributed by atoms with Gasteiger partial charge in [0.05, 0.1) is 35.1 Å². The van der Waals surface area contributed by atoms with Crippen LogP contribution in [0, 0.1) is 11.8 Å². The third-order valence-electron chi connectivity index (χ3n) is 9.25. The summed E-state index contributed by atoms with van der Waals surface area (Å²) in [7, 11) is 0. The highest BCUT2D eigenvalue weighted by Crippen LogP contribution is 2.43. The highest BCUT2D eigenvalue weighted by atomic mass is 19.4. The predicted molar refractivity (Wildman–Crippen MR) is 152 cm³/mol. The van der Waals surface area contributed by atoms with Gasteiger partial charge in [0.1, 0.15) is 6.10 Å². The summed E-state index contributed by atoms with van der Waals surface area (Å²) in [5.41, 5.74) is -1.05. The van der Waals surface area contributed by atoms with Crippen molar-refractivity contribution in [3.8, 4) is 0 Å². The van der Waals surface area contributed by atoms with E-state index in [0.29, 0.717) is 42.8 Å². The van der Waals surface area contributed by atoms with Gasteiger partial charge < -0.3 is 14.7 Å². The fourth-order valence-corrected chi connectivity index (χ4v) is 6.56. The summed E-state index contributed by atoms with van der Waals surface area (Å²) < 4.78 is 86.7. The standard InChI is InChI=1S/C32H37F6N3O4/c1-3-40(16-20-6-4-19(5-7-20)12-28(42)43)27-11-10-25(21-8-9-21)39-26(27)17-41-18(2)29(45-30(41)44)22-13-23(31(33,34)35)15-24(14-22)32(36,37)38/h10-11,13-15,18-21,29H,3-9,12,16-17H2,1-2H3,(H,42,43)/t18-,19-,20-,29-/m0/s1. The summed E-state index contributed by atoms with van der Waals surface area (Å²) in [5, 5.41) is 9.14. The fourth-order valence-electron chi connectivity index (χ4n) is 6.56. The Hall–Kier alpha value is -3.51. The molecule has 13 heteroatoms. The molecule has 246 valence electrons. The molecule has 2 heterocycles. The number of rotatable bonds is 10. The molecule has 2 aromatic rings. The summed E-state index contributed by atoms with van der Waals surface area (Å²) >= 11 is 0. The minimum Gasteiger partial charge on any atom is -0.481 e. The van der Waals surface area contributed by atoms with Crippen molar-refractivity contribution in [1.29, 1.82) is 0 Å².